The number of aromatic carboxylic acids is 1. The number of carboxylic acid groups (broad SMARTS) is 1. The minimum atomic E-state index is -0.920. The summed E-state index contributed by atoms with van der Waals surface area (Å²) < 4.78 is 1.74. The minimum absolute atomic E-state index is 0.185. The molecule has 0 fully saturated rings. The average Bonchev–Trinajstić information content (AvgIpc) is 2.91. The van der Waals surface area contributed by atoms with Crippen LogP contribution in [0.2, 0.25) is 0 Å². The molecule has 0 bridgehead atoms. The Hall–Kier alpha value is -2.61. The fraction of sp³-hybridized carbons (Fsp3) is 0.500. The van der Waals surface area contributed by atoms with Crippen LogP contribution in [0.15, 0.2) is 24.3 Å². The summed E-state index contributed by atoms with van der Waals surface area (Å²) in [7, 11) is 0. The van der Waals surface area contributed by atoms with E-state index in [4.69, 9.17) is 10.4 Å². The number of hydrogen-bond acceptors (Lipinski definition) is 3. The molecule has 1 unspecified atom stereocenters. The molecule has 5 nitrogen and oxygen atoms in total. The number of benzene rings is 1. The summed E-state index contributed by atoms with van der Waals surface area (Å²) >= 11 is 0. The fourth-order valence-electron chi connectivity index (χ4n) is 3.70. The second kappa shape index (κ2) is 8.39. The van der Waals surface area contributed by atoms with Gasteiger partial charge in [-0.2, -0.15) is 10.4 Å². The van der Waals surface area contributed by atoms with E-state index in [-0.39, 0.29) is 5.41 Å². The Labute approximate surface area is 161 Å². The first-order valence-electron chi connectivity index (χ1n) is 9.51. The highest BCUT2D eigenvalue weighted by Crippen LogP contribution is 2.29. The van der Waals surface area contributed by atoms with Gasteiger partial charge in [-0.05, 0) is 54.9 Å². The second-order valence-electron chi connectivity index (χ2n) is 8.47. The van der Waals surface area contributed by atoms with E-state index in [9.17, 15) is 9.90 Å². The first-order valence-corrected chi connectivity index (χ1v) is 9.51. The summed E-state index contributed by atoms with van der Waals surface area (Å²) in [4.78, 5) is 12.0. The molecule has 0 saturated carbocycles. The molecule has 0 radical (unpaired) electrons. The molecule has 144 valence electrons. The first kappa shape index (κ1) is 20.7. The lowest BCUT2D eigenvalue weighted by molar-refractivity contribution is 0.0694. The van der Waals surface area contributed by atoms with Crippen LogP contribution >= 0.6 is 0 Å². The van der Waals surface area contributed by atoms with Gasteiger partial charge in [0.25, 0.3) is 0 Å². The van der Waals surface area contributed by atoms with E-state index in [1.54, 1.807) is 16.8 Å². The lowest BCUT2D eigenvalue weighted by atomic mass is 9.83. The quantitative estimate of drug-likeness (QED) is 0.746. The smallest absolute Gasteiger partial charge is 0.339 e. The van der Waals surface area contributed by atoms with Crippen molar-refractivity contribution in [2.75, 3.05) is 0 Å². The maximum Gasteiger partial charge on any atom is 0.339 e. The van der Waals surface area contributed by atoms with Crippen molar-refractivity contribution >= 4 is 5.97 Å². The summed E-state index contributed by atoms with van der Waals surface area (Å²) in [5.41, 5.74) is 3.25. The Morgan fingerprint density at radius 1 is 1.30 bits per heavy atom. The Bertz CT molecular complexity index is 836. The third-order valence-corrected chi connectivity index (χ3v) is 4.50. The van der Waals surface area contributed by atoms with Gasteiger partial charge in [-0.1, -0.05) is 41.0 Å². The third-order valence-electron chi connectivity index (χ3n) is 4.50. The van der Waals surface area contributed by atoms with Crippen LogP contribution in [0.3, 0.4) is 0 Å². The Morgan fingerprint density at radius 3 is 2.41 bits per heavy atom. The molecule has 27 heavy (non-hydrogen) atoms. The summed E-state index contributed by atoms with van der Waals surface area (Å²) in [6, 6.07) is 9.20. The van der Waals surface area contributed by atoms with Gasteiger partial charge in [0.2, 0.25) is 0 Å². The fourth-order valence-corrected chi connectivity index (χ4v) is 3.70. The number of nitriles is 1. The first-order chi connectivity index (χ1) is 12.7. The largest absolute Gasteiger partial charge is 0.478 e. The Morgan fingerprint density at radius 2 is 1.93 bits per heavy atom. The van der Waals surface area contributed by atoms with Gasteiger partial charge in [-0.3, -0.25) is 0 Å². The summed E-state index contributed by atoms with van der Waals surface area (Å²) in [5, 5.41) is 23.6. The monoisotopic (exact) mass is 367 g/mol. The molecule has 0 aliphatic rings. The molecular weight excluding hydrogens is 338 g/mol. The standard InChI is InChI=1S/C22H29N3O2/c1-6-7-19-20(21(26)27)18(12-15(2)13-22(3,4)5)24-25(19)17-10-8-16(14-23)9-11-17/h8-11,15H,6-7,12-13H2,1-5H3,(H,26,27). The maximum absolute atomic E-state index is 12.0. The lowest BCUT2D eigenvalue weighted by Gasteiger charge is -2.22. The van der Waals surface area contributed by atoms with Crippen LogP contribution in [0.5, 0.6) is 0 Å². The zero-order chi connectivity index (χ0) is 20.2. The summed E-state index contributed by atoms with van der Waals surface area (Å²) in [6.07, 6.45) is 3.11. The van der Waals surface area contributed by atoms with Crippen molar-refractivity contribution in [3.63, 3.8) is 0 Å². The van der Waals surface area contributed by atoms with Crippen LogP contribution in [0.4, 0.5) is 0 Å². The lowest BCUT2D eigenvalue weighted by Crippen LogP contribution is -2.14. The van der Waals surface area contributed by atoms with Crippen molar-refractivity contribution in [2.24, 2.45) is 11.3 Å². The van der Waals surface area contributed by atoms with Gasteiger partial charge >= 0.3 is 5.97 Å². The highest BCUT2D eigenvalue weighted by atomic mass is 16.4. The van der Waals surface area contributed by atoms with Gasteiger partial charge in [0.15, 0.2) is 0 Å². The van der Waals surface area contributed by atoms with Crippen molar-refractivity contribution in [1.29, 1.82) is 5.26 Å². The zero-order valence-corrected chi connectivity index (χ0v) is 16.9. The van der Waals surface area contributed by atoms with Gasteiger partial charge in [-0.15, -0.1) is 0 Å². The van der Waals surface area contributed by atoms with Gasteiger partial charge in [0.1, 0.15) is 5.56 Å². The zero-order valence-electron chi connectivity index (χ0n) is 16.9. The van der Waals surface area contributed by atoms with Gasteiger partial charge < -0.3 is 5.11 Å². The Kier molecular flexibility index (Phi) is 6.43. The molecule has 0 aliphatic carbocycles. The average molecular weight is 367 g/mol. The van der Waals surface area contributed by atoms with Crippen molar-refractivity contribution < 1.29 is 9.90 Å². The molecule has 1 heterocycles. The highest BCUT2D eigenvalue weighted by Gasteiger charge is 2.26. The van der Waals surface area contributed by atoms with Crippen molar-refractivity contribution in [3.05, 3.63) is 46.8 Å². The molecule has 1 aromatic carbocycles. The predicted molar refractivity (Wildman–Crippen MR) is 106 cm³/mol. The van der Waals surface area contributed by atoms with Crippen molar-refractivity contribution in [1.82, 2.24) is 9.78 Å². The van der Waals surface area contributed by atoms with E-state index in [0.717, 1.165) is 24.2 Å². The predicted octanol–water partition coefficient (Wildman–Crippen LogP) is 5.01. The van der Waals surface area contributed by atoms with E-state index in [0.29, 0.717) is 35.6 Å². The molecule has 1 atom stereocenters. The van der Waals surface area contributed by atoms with Crippen LogP contribution < -0.4 is 0 Å². The molecule has 1 aromatic heterocycles. The molecule has 0 spiro atoms. The molecule has 5 heteroatoms. The number of carboxylic acids is 1. The van der Waals surface area contributed by atoms with Gasteiger partial charge in [0, 0.05) is 0 Å². The third kappa shape index (κ3) is 5.19. The minimum Gasteiger partial charge on any atom is -0.478 e. The normalized spacial score (nSPS) is 12.6. The van der Waals surface area contributed by atoms with E-state index in [1.165, 1.54) is 0 Å². The number of rotatable bonds is 7. The van der Waals surface area contributed by atoms with Crippen LogP contribution in [0, 0.1) is 22.7 Å². The Balaban J connectivity index is 2.50. The second-order valence-corrected chi connectivity index (χ2v) is 8.47. The van der Waals surface area contributed by atoms with Crippen LogP contribution in [-0.2, 0) is 12.8 Å². The van der Waals surface area contributed by atoms with Gasteiger partial charge in [-0.25, -0.2) is 9.48 Å². The van der Waals surface area contributed by atoms with Crippen LogP contribution in [0.1, 0.15) is 74.8 Å². The molecule has 2 rings (SSSR count). The number of hydrogen-bond donors (Lipinski definition) is 1. The number of nitrogens with zero attached hydrogens (tertiary/aromatic N) is 3. The van der Waals surface area contributed by atoms with Crippen molar-refractivity contribution in [2.45, 2.75) is 60.3 Å². The highest BCUT2D eigenvalue weighted by molar-refractivity contribution is 5.90. The van der Waals surface area contributed by atoms with E-state index in [2.05, 4.69) is 33.8 Å². The topological polar surface area (TPSA) is 78.9 Å². The molecule has 0 aliphatic heterocycles. The summed E-state index contributed by atoms with van der Waals surface area (Å²) in [6.45, 7) is 10.8. The van der Waals surface area contributed by atoms with E-state index >= 15 is 0 Å². The molecule has 1 N–H and O–H groups in total. The molecule has 2 aromatic rings. The van der Waals surface area contributed by atoms with Crippen LogP contribution in [0.25, 0.3) is 5.69 Å². The van der Waals surface area contributed by atoms with Gasteiger partial charge in [0.05, 0.1) is 28.7 Å². The molecule has 0 amide bonds. The molecular formula is C22H29N3O2. The van der Waals surface area contributed by atoms with E-state index < -0.39 is 5.97 Å². The number of aromatic nitrogens is 2. The summed E-state index contributed by atoms with van der Waals surface area (Å²) in [5.74, 6) is -0.585. The number of carbonyl (C=O) groups is 1. The maximum atomic E-state index is 12.0. The SMILES string of the molecule is CCCc1c(C(=O)O)c(CC(C)CC(C)(C)C)nn1-c1ccc(C#N)cc1. The van der Waals surface area contributed by atoms with Crippen LogP contribution in [-0.4, -0.2) is 20.9 Å². The van der Waals surface area contributed by atoms with E-state index in [1.807, 2.05) is 19.1 Å². The molecule has 0 saturated heterocycles. The van der Waals surface area contributed by atoms with Crippen molar-refractivity contribution in [3.8, 4) is 11.8 Å².